The zero-order valence-corrected chi connectivity index (χ0v) is 19.3. The van der Waals surface area contributed by atoms with Gasteiger partial charge in [-0.05, 0) is 42.5 Å². The van der Waals surface area contributed by atoms with Gasteiger partial charge >= 0.3 is 0 Å². The Morgan fingerprint density at radius 3 is 2.31 bits per heavy atom. The van der Waals surface area contributed by atoms with E-state index in [1.165, 1.54) is 18.2 Å². The van der Waals surface area contributed by atoms with Crippen molar-refractivity contribution < 1.29 is 39.6 Å². The van der Waals surface area contributed by atoms with E-state index in [0.717, 1.165) is 17.0 Å². The maximum atomic E-state index is 15.4. The largest absolute Gasteiger partial charge is 0.331 e. The van der Waals surface area contributed by atoms with Crippen LogP contribution in [0.15, 0.2) is 36.4 Å². The molecule has 1 saturated heterocycles. The number of sulfonamides is 1. The molecule has 2 fully saturated rings. The van der Waals surface area contributed by atoms with Crippen LogP contribution in [0.25, 0.3) is 11.1 Å². The van der Waals surface area contributed by atoms with Crippen molar-refractivity contribution in [1.29, 1.82) is 0 Å². The minimum atomic E-state index is -4.15. The Kier molecular flexibility index (Phi) is 6.64. The third kappa shape index (κ3) is 5.32. The summed E-state index contributed by atoms with van der Waals surface area (Å²) in [5.74, 6) is -8.10. The standard InChI is InChI=1S/C23H22F6N2O3S/c1-35(33,34)30-21-19(31(11-23(21,28)29)22(32)14-7-15(24)8-14)9-12-3-2-4-18(20(12)27)13-5-16(25)10-17(26)6-13/h2-6,10,14-15,19,21,30H,7-9,11H2,1H3/t14?,15?,19-,21+/m0/s1. The minimum Gasteiger partial charge on any atom is -0.331 e. The molecule has 1 N–H and O–H groups in total. The first kappa shape index (κ1) is 25.5. The average molecular weight is 520 g/mol. The summed E-state index contributed by atoms with van der Waals surface area (Å²) in [4.78, 5) is 13.7. The smallest absolute Gasteiger partial charge is 0.283 e. The summed E-state index contributed by atoms with van der Waals surface area (Å²) in [5, 5.41) is 0. The lowest BCUT2D eigenvalue weighted by Gasteiger charge is -2.35. The molecule has 2 aromatic carbocycles. The van der Waals surface area contributed by atoms with Gasteiger partial charge in [-0.25, -0.2) is 39.5 Å². The lowest BCUT2D eigenvalue weighted by molar-refractivity contribution is -0.142. The zero-order valence-electron chi connectivity index (χ0n) is 18.4. The maximum absolute atomic E-state index is 15.4. The third-order valence-electron chi connectivity index (χ3n) is 6.36. The number of hydrogen-bond acceptors (Lipinski definition) is 3. The van der Waals surface area contributed by atoms with Crippen molar-refractivity contribution >= 4 is 15.9 Å². The van der Waals surface area contributed by atoms with Gasteiger partial charge in [0.1, 0.15) is 29.7 Å². The van der Waals surface area contributed by atoms with Gasteiger partial charge in [-0.3, -0.25) is 4.79 Å². The van der Waals surface area contributed by atoms with Gasteiger partial charge in [-0.1, -0.05) is 18.2 Å². The van der Waals surface area contributed by atoms with E-state index in [1.807, 2.05) is 4.72 Å². The van der Waals surface area contributed by atoms with Crippen LogP contribution in [0.2, 0.25) is 0 Å². The number of amides is 1. The minimum absolute atomic E-state index is 0.124. The van der Waals surface area contributed by atoms with E-state index in [4.69, 9.17) is 0 Å². The van der Waals surface area contributed by atoms with Gasteiger partial charge in [0.05, 0.1) is 18.8 Å². The highest BCUT2D eigenvalue weighted by Crippen LogP contribution is 2.40. The van der Waals surface area contributed by atoms with Crippen molar-refractivity contribution in [1.82, 2.24) is 9.62 Å². The topological polar surface area (TPSA) is 66.5 Å². The molecule has 0 aromatic heterocycles. The monoisotopic (exact) mass is 520 g/mol. The van der Waals surface area contributed by atoms with E-state index >= 15 is 4.39 Å². The highest BCUT2D eigenvalue weighted by Gasteiger charge is 2.58. The van der Waals surface area contributed by atoms with E-state index in [1.54, 1.807) is 0 Å². The van der Waals surface area contributed by atoms with Crippen LogP contribution in [0.1, 0.15) is 18.4 Å². The molecule has 1 saturated carbocycles. The Labute approximate surface area is 198 Å². The summed E-state index contributed by atoms with van der Waals surface area (Å²) in [6.45, 7) is -1.12. The molecule has 190 valence electrons. The molecule has 1 heterocycles. The van der Waals surface area contributed by atoms with Gasteiger partial charge < -0.3 is 4.90 Å². The van der Waals surface area contributed by atoms with Crippen LogP contribution >= 0.6 is 0 Å². The van der Waals surface area contributed by atoms with E-state index in [-0.39, 0.29) is 29.5 Å². The van der Waals surface area contributed by atoms with Crippen LogP contribution in [0.3, 0.4) is 0 Å². The van der Waals surface area contributed by atoms with Gasteiger partial charge in [0.25, 0.3) is 5.92 Å². The number of carbonyl (C=O) groups is 1. The molecule has 4 rings (SSSR count). The predicted molar refractivity (Wildman–Crippen MR) is 115 cm³/mol. The molecule has 1 aliphatic heterocycles. The number of rotatable bonds is 6. The fourth-order valence-electron chi connectivity index (χ4n) is 4.65. The number of hydrogen-bond donors (Lipinski definition) is 1. The first-order valence-corrected chi connectivity index (χ1v) is 12.7. The zero-order chi connectivity index (χ0) is 25.7. The van der Waals surface area contributed by atoms with Crippen molar-refractivity contribution in [2.75, 3.05) is 12.8 Å². The SMILES string of the molecule is CS(=O)(=O)N[C@@H]1[C@H](Cc2cccc(-c3cc(F)cc(F)c3)c2F)N(C(=O)C2CC(F)C2)CC1(F)F. The molecule has 2 aliphatic rings. The molecule has 2 atom stereocenters. The Balaban J connectivity index is 1.72. The molecule has 0 spiro atoms. The van der Waals surface area contributed by atoms with E-state index in [9.17, 15) is 35.2 Å². The van der Waals surface area contributed by atoms with Gasteiger partial charge in [0.15, 0.2) is 0 Å². The quantitative estimate of drug-likeness (QED) is 0.589. The summed E-state index contributed by atoms with van der Waals surface area (Å²) in [5.41, 5.74) is -0.485. The summed E-state index contributed by atoms with van der Waals surface area (Å²) in [7, 11) is -4.15. The number of alkyl halides is 3. The Hall–Kier alpha value is -2.60. The van der Waals surface area contributed by atoms with Gasteiger partial charge in [0.2, 0.25) is 15.9 Å². The molecule has 0 radical (unpaired) electrons. The number of nitrogens with zero attached hydrogens (tertiary/aromatic N) is 1. The fraction of sp³-hybridized carbons (Fsp3) is 0.435. The number of halogens is 6. The molecule has 5 nitrogen and oxygen atoms in total. The maximum Gasteiger partial charge on any atom is 0.283 e. The van der Waals surface area contributed by atoms with Crippen LogP contribution in [-0.4, -0.2) is 56.2 Å². The van der Waals surface area contributed by atoms with Gasteiger partial charge in [-0.2, -0.15) is 0 Å². The lowest BCUT2D eigenvalue weighted by atomic mass is 9.82. The summed E-state index contributed by atoms with van der Waals surface area (Å²) >= 11 is 0. The van der Waals surface area contributed by atoms with Crippen LogP contribution in [-0.2, 0) is 21.2 Å². The Bertz CT molecular complexity index is 1230. The number of carbonyl (C=O) groups excluding carboxylic acids is 1. The van der Waals surface area contributed by atoms with Crippen molar-refractivity contribution in [3.63, 3.8) is 0 Å². The number of benzene rings is 2. The van der Waals surface area contributed by atoms with Crippen molar-refractivity contribution in [3.05, 3.63) is 59.4 Å². The summed E-state index contributed by atoms with van der Waals surface area (Å²) in [6.07, 6.45) is -1.32. The normalized spacial score (nSPS) is 26.0. The molecule has 1 aliphatic carbocycles. The molecule has 12 heteroatoms. The molecular weight excluding hydrogens is 498 g/mol. The number of likely N-dealkylation sites (tertiary alicyclic amines) is 1. The Morgan fingerprint density at radius 2 is 1.74 bits per heavy atom. The second-order valence-corrected chi connectivity index (χ2v) is 10.8. The third-order valence-corrected chi connectivity index (χ3v) is 7.04. The molecule has 35 heavy (non-hydrogen) atoms. The number of nitrogens with one attached hydrogen (secondary N) is 1. The average Bonchev–Trinajstić information content (AvgIpc) is 2.95. The molecule has 1 amide bonds. The molecular formula is C23H22F6N2O3S. The summed E-state index contributed by atoms with van der Waals surface area (Å²) < 4.78 is 111. The van der Waals surface area contributed by atoms with E-state index < -0.39 is 76.4 Å². The van der Waals surface area contributed by atoms with Crippen LogP contribution in [0, 0.1) is 23.4 Å². The molecule has 2 aromatic rings. The molecule has 0 bridgehead atoms. The van der Waals surface area contributed by atoms with Crippen LogP contribution in [0.5, 0.6) is 0 Å². The first-order chi connectivity index (χ1) is 16.2. The van der Waals surface area contributed by atoms with Crippen molar-refractivity contribution in [3.8, 4) is 11.1 Å². The molecule has 0 unspecified atom stereocenters. The van der Waals surface area contributed by atoms with Gasteiger partial charge in [-0.15, -0.1) is 0 Å². The van der Waals surface area contributed by atoms with Gasteiger partial charge in [0, 0.05) is 17.5 Å². The van der Waals surface area contributed by atoms with Crippen LogP contribution < -0.4 is 4.72 Å². The second kappa shape index (κ2) is 9.12. The lowest BCUT2D eigenvalue weighted by Crippen LogP contribution is -2.53. The summed E-state index contributed by atoms with van der Waals surface area (Å²) in [6, 6.07) is 2.74. The van der Waals surface area contributed by atoms with E-state index in [0.29, 0.717) is 12.3 Å². The van der Waals surface area contributed by atoms with Crippen LogP contribution in [0.4, 0.5) is 26.3 Å². The first-order valence-electron chi connectivity index (χ1n) is 10.8. The fourth-order valence-corrected chi connectivity index (χ4v) is 5.44. The van der Waals surface area contributed by atoms with Crippen molar-refractivity contribution in [2.45, 2.75) is 43.4 Å². The highest BCUT2D eigenvalue weighted by molar-refractivity contribution is 7.88. The van der Waals surface area contributed by atoms with Crippen molar-refractivity contribution in [2.24, 2.45) is 5.92 Å². The predicted octanol–water partition coefficient (Wildman–Crippen LogP) is 3.83. The highest BCUT2D eigenvalue weighted by atomic mass is 32.2. The Morgan fingerprint density at radius 1 is 1.11 bits per heavy atom. The van der Waals surface area contributed by atoms with E-state index in [2.05, 4.69) is 0 Å². The second-order valence-electron chi connectivity index (χ2n) is 9.07.